The normalized spacial score (nSPS) is 25.9. The number of hydrogen-bond donors (Lipinski definition) is 2. The fourth-order valence-electron chi connectivity index (χ4n) is 2.18. The summed E-state index contributed by atoms with van der Waals surface area (Å²) < 4.78 is 0. The van der Waals surface area contributed by atoms with Gasteiger partial charge in [-0.05, 0) is 25.3 Å². The van der Waals surface area contributed by atoms with Crippen LogP contribution in [0.5, 0.6) is 0 Å². The third-order valence-electron chi connectivity index (χ3n) is 2.83. The van der Waals surface area contributed by atoms with Gasteiger partial charge < -0.3 is 11.1 Å². The Hall–Kier alpha value is -0.570. The number of nitrogens with two attached hydrogens (primary N) is 1. The summed E-state index contributed by atoms with van der Waals surface area (Å²) in [5.41, 5.74) is 5.39. The summed E-state index contributed by atoms with van der Waals surface area (Å²) in [6.07, 6.45) is 3.53. The molecule has 1 heterocycles. The third kappa shape index (κ3) is 2.69. The van der Waals surface area contributed by atoms with Crippen LogP contribution in [-0.4, -0.2) is 18.5 Å². The maximum Gasteiger partial charge on any atom is 0.222 e. The van der Waals surface area contributed by atoms with Gasteiger partial charge in [0, 0.05) is 6.04 Å². The van der Waals surface area contributed by atoms with Gasteiger partial charge >= 0.3 is 0 Å². The molecule has 13 heavy (non-hydrogen) atoms. The van der Waals surface area contributed by atoms with Crippen molar-refractivity contribution in [1.29, 1.82) is 0 Å². The van der Waals surface area contributed by atoms with E-state index in [1.54, 1.807) is 0 Å². The van der Waals surface area contributed by atoms with Gasteiger partial charge in [-0.25, -0.2) is 0 Å². The van der Waals surface area contributed by atoms with Crippen molar-refractivity contribution in [2.75, 3.05) is 6.54 Å². The minimum atomic E-state index is -0.158. The van der Waals surface area contributed by atoms with Crippen molar-refractivity contribution < 1.29 is 4.79 Å². The van der Waals surface area contributed by atoms with E-state index in [1.165, 1.54) is 12.8 Å². The van der Waals surface area contributed by atoms with E-state index in [9.17, 15) is 4.79 Å². The first-order valence-electron chi connectivity index (χ1n) is 5.15. The smallest absolute Gasteiger partial charge is 0.222 e. The molecule has 0 radical (unpaired) electrons. The molecule has 0 aromatic rings. The van der Waals surface area contributed by atoms with Gasteiger partial charge in [0.05, 0.1) is 5.92 Å². The highest BCUT2D eigenvalue weighted by Gasteiger charge is 2.29. The Morgan fingerprint density at radius 1 is 1.46 bits per heavy atom. The fraction of sp³-hybridized carbons (Fsp3) is 0.900. The van der Waals surface area contributed by atoms with Crippen LogP contribution >= 0.6 is 0 Å². The highest BCUT2D eigenvalue weighted by Crippen LogP contribution is 2.21. The Morgan fingerprint density at radius 2 is 2.15 bits per heavy atom. The molecule has 1 amide bonds. The summed E-state index contributed by atoms with van der Waals surface area (Å²) in [6.45, 7) is 5.15. The number of hydrogen-bond acceptors (Lipinski definition) is 2. The van der Waals surface area contributed by atoms with Gasteiger partial charge in [-0.2, -0.15) is 0 Å². The van der Waals surface area contributed by atoms with Gasteiger partial charge in [-0.15, -0.1) is 0 Å². The molecular formula is C10H20N2O. The lowest BCUT2D eigenvalue weighted by atomic mass is 9.83. The predicted octanol–water partition coefficient (Wildman–Crippen LogP) is 0.886. The van der Waals surface area contributed by atoms with E-state index in [4.69, 9.17) is 5.73 Å². The molecule has 2 unspecified atom stereocenters. The molecule has 0 aromatic heterocycles. The summed E-state index contributed by atoms with van der Waals surface area (Å²) in [5.74, 6) is 0.183. The zero-order valence-corrected chi connectivity index (χ0v) is 8.55. The van der Waals surface area contributed by atoms with E-state index < -0.39 is 0 Å². The maximum atomic E-state index is 11.2. The molecule has 1 fully saturated rings. The highest BCUT2D eigenvalue weighted by molar-refractivity contribution is 5.77. The van der Waals surface area contributed by atoms with E-state index in [-0.39, 0.29) is 11.8 Å². The Balaban J connectivity index is 2.57. The first kappa shape index (κ1) is 10.5. The van der Waals surface area contributed by atoms with Crippen molar-refractivity contribution in [1.82, 2.24) is 5.32 Å². The summed E-state index contributed by atoms with van der Waals surface area (Å²) in [7, 11) is 0. The molecule has 0 bridgehead atoms. The molecule has 0 spiro atoms. The van der Waals surface area contributed by atoms with Crippen LogP contribution in [0.25, 0.3) is 0 Å². The highest BCUT2D eigenvalue weighted by atomic mass is 16.1. The molecule has 1 aliphatic heterocycles. The number of primary amides is 1. The average molecular weight is 184 g/mol. The number of piperidine rings is 1. The molecule has 0 aromatic carbocycles. The summed E-state index contributed by atoms with van der Waals surface area (Å²) in [5, 5.41) is 3.38. The Labute approximate surface area is 80.1 Å². The lowest BCUT2D eigenvalue weighted by Crippen LogP contribution is -2.47. The van der Waals surface area contributed by atoms with Gasteiger partial charge in [-0.1, -0.05) is 20.3 Å². The van der Waals surface area contributed by atoms with Crippen molar-refractivity contribution in [3.05, 3.63) is 0 Å². The van der Waals surface area contributed by atoms with Gasteiger partial charge in [-0.3, -0.25) is 4.79 Å². The van der Waals surface area contributed by atoms with Crippen molar-refractivity contribution >= 4 is 5.91 Å². The van der Waals surface area contributed by atoms with Crippen molar-refractivity contribution in [2.45, 2.75) is 39.2 Å². The second kappa shape index (κ2) is 4.61. The molecule has 3 N–H and O–H groups in total. The van der Waals surface area contributed by atoms with E-state index in [0.29, 0.717) is 12.0 Å². The van der Waals surface area contributed by atoms with Crippen LogP contribution in [0.1, 0.15) is 33.1 Å². The lowest BCUT2D eigenvalue weighted by Gasteiger charge is -2.31. The molecule has 1 aliphatic rings. The van der Waals surface area contributed by atoms with Crippen LogP contribution in [0.2, 0.25) is 0 Å². The molecular weight excluding hydrogens is 164 g/mol. The predicted molar refractivity (Wildman–Crippen MR) is 53.2 cm³/mol. The second-order valence-electron chi connectivity index (χ2n) is 4.23. The van der Waals surface area contributed by atoms with Crippen LogP contribution in [-0.2, 0) is 4.79 Å². The van der Waals surface area contributed by atoms with Gasteiger partial charge in [0.25, 0.3) is 0 Å². The van der Waals surface area contributed by atoms with Gasteiger partial charge in [0.15, 0.2) is 0 Å². The Bertz CT molecular complexity index is 174. The van der Waals surface area contributed by atoms with E-state index in [1.807, 2.05) is 0 Å². The van der Waals surface area contributed by atoms with Crippen LogP contribution in [0.4, 0.5) is 0 Å². The molecule has 76 valence electrons. The number of amides is 1. The van der Waals surface area contributed by atoms with Crippen molar-refractivity contribution in [2.24, 2.45) is 17.6 Å². The van der Waals surface area contributed by atoms with Crippen LogP contribution in [0.3, 0.4) is 0 Å². The van der Waals surface area contributed by atoms with Crippen molar-refractivity contribution in [3.63, 3.8) is 0 Å². The first-order chi connectivity index (χ1) is 6.13. The molecule has 0 saturated carbocycles. The quantitative estimate of drug-likeness (QED) is 0.684. The number of carbonyl (C=O) groups is 1. The minimum absolute atomic E-state index is 0.000278. The summed E-state index contributed by atoms with van der Waals surface area (Å²) in [4.78, 5) is 11.2. The van der Waals surface area contributed by atoms with Crippen LogP contribution in [0, 0.1) is 11.8 Å². The lowest BCUT2D eigenvalue weighted by molar-refractivity contribution is -0.124. The molecule has 0 aliphatic carbocycles. The molecule has 3 heteroatoms. The maximum absolute atomic E-state index is 11.2. The molecule has 1 rings (SSSR count). The standard InChI is InChI=1S/C10H20N2O/c1-7(2)9(10(11)13)8-5-3-4-6-12-8/h7-9,12H,3-6H2,1-2H3,(H2,11,13). The zero-order valence-electron chi connectivity index (χ0n) is 8.55. The van der Waals surface area contributed by atoms with Crippen LogP contribution in [0.15, 0.2) is 0 Å². The number of rotatable bonds is 3. The van der Waals surface area contributed by atoms with Gasteiger partial charge in [0.2, 0.25) is 5.91 Å². The zero-order chi connectivity index (χ0) is 9.84. The van der Waals surface area contributed by atoms with E-state index in [0.717, 1.165) is 13.0 Å². The van der Waals surface area contributed by atoms with E-state index >= 15 is 0 Å². The number of carbonyl (C=O) groups excluding carboxylic acids is 1. The van der Waals surface area contributed by atoms with Crippen molar-refractivity contribution in [3.8, 4) is 0 Å². The summed E-state index contributed by atoms with van der Waals surface area (Å²) >= 11 is 0. The Kier molecular flexibility index (Phi) is 3.72. The Morgan fingerprint density at radius 3 is 2.54 bits per heavy atom. The van der Waals surface area contributed by atoms with Crippen LogP contribution < -0.4 is 11.1 Å². The largest absolute Gasteiger partial charge is 0.369 e. The monoisotopic (exact) mass is 184 g/mol. The minimum Gasteiger partial charge on any atom is -0.369 e. The molecule has 3 nitrogen and oxygen atoms in total. The first-order valence-corrected chi connectivity index (χ1v) is 5.15. The van der Waals surface area contributed by atoms with Gasteiger partial charge in [0.1, 0.15) is 0 Å². The molecule has 1 saturated heterocycles. The second-order valence-corrected chi connectivity index (χ2v) is 4.23. The van der Waals surface area contributed by atoms with E-state index in [2.05, 4.69) is 19.2 Å². The SMILES string of the molecule is CC(C)C(C(N)=O)C1CCCCN1. The average Bonchev–Trinajstić information content (AvgIpc) is 2.04. The third-order valence-corrected chi connectivity index (χ3v) is 2.83. The summed E-state index contributed by atoms with van der Waals surface area (Å²) in [6, 6.07) is 0.311. The fourth-order valence-corrected chi connectivity index (χ4v) is 2.18. The topological polar surface area (TPSA) is 55.1 Å². The molecule has 2 atom stereocenters. The number of nitrogens with one attached hydrogen (secondary N) is 1.